The minimum Gasteiger partial charge on any atom is -0.478 e. The van der Waals surface area contributed by atoms with Gasteiger partial charge in [-0.1, -0.05) is 11.6 Å². The van der Waals surface area contributed by atoms with Crippen molar-refractivity contribution in [2.75, 3.05) is 24.6 Å². The number of nitro groups is 1. The van der Waals surface area contributed by atoms with Gasteiger partial charge >= 0.3 is 5.97 Å². The van der Waals surface area contributed by atoms with Gasteiger partial charge in [-0.2, -0.15) is 0 Å². The smallest absolute Gasteiger partial charge is 0.338 e. The lowest BCUT2D eigenvalue weighted by molar-refractivity contribution is -0.384. The van der Waals surface area contributed by atoms with E-state index in [4.69, 9.17) is 16.7 Å². The number of benzene rings is 1. The van der Waals surface area contributed by atoms with E-state index in [-0.39, 0.29) is 28.8 Å². The standard InChI is InChI=1S/C13H15ClN2O5/c14-11-6-9(16(20)21)5-10(13(18)19)12(11)15-3-1-8(7-15)2-4-17/h5-6,8,17H,1-4,7H2,(H,18,19). The van der Waals surface area contributed by atoms with E-state index < -0.39 is 10.9 Å². The van der Waals surface area contributed by atoms with Crippen LogP contribution in [0.25, 0.3) is 0 Å². The molecule has 1 heterocycles. The van der Waals surface area contributed by atoms with Gasteiger partial charge in [0.05, 0.1) is 21.2 Å². The average Bonchev–Trinajstić information content (AvgIpc) is 2.86. The zero-order chi connectivity index (χ0) is 15.6. The number of hydrogen-bond donors (Lipinski definition) is 2. The summed E-state index contributed by atoms with van der Waals surface area (Å²) in [6, 6.07) is 2.20. The molecule has 1 aliphatic rings. The quantitative estimate of drug-likeness (QED) is 0.637. The number of carbonyl (C=O) groups is 1. The summed E-state index contributed by atoms with van der Waals surface area (Å²) in [5, 5.41) is 29.1. The van der Waals surface area contributed by atoms with Crippen LogP contribution in [-0.2, 0) is 0 Å². The molecule has 0 bridgehead atoms. The summed E-state index contributed by atoms with van der Waals surface area (Å²) >= 11 is 6.07. The van der Waals surface area contributed by atoms with Gasteiger partial charge < -0.3 is 15.1 Å². The summed E-state index contributed by atoms with van der Waals surface area (Å²) < 4.78 is 0. The van der Waals surface area contributed by atoms with E-state index in [1.165, 1.54) is 6.07 Å². The van der Waals surface area contributed by atoms with Crippen molar-refractivity contribution in [1.29, 1.82) is 0 Å². The third-order valence-corrected chi connectivity index (χ3v) is 3.92. The monoisotopic (exact) mass is 314 g/mol. The van der Waals surface area contributed by atoms with Crippen LogP contribution in [-0.4, -0.2) is 40.8 Å². The normalized spacial score (nSPS) is 18.0. The van der Waals surface area contributed by atoms with Crippen molar-refractivity contribution in [2.24, 2.45) is 5.92 Å². The SMILES string of the molecule is O=C(O)c1cc([N+](=O)[O-])cc(Cl)c1N1CCC(CCO)C1. The molecule has 0 spiro atoms. The summed E-state index contributed by atoms with van der Waals surface area (Å²) in [6.07, 6.45) is 1.47. The molecule has 1 aromatic rings. The van der Waals surface area contributed by atoms with Gasteiger partial charge in [0.25, 0.3) is 5.69 Å². The van der Waals surface area contributed by atoms with Crippen molar-refractivity contribution in [2.45, 2.75) is 12.8 Å². The first-order chi connectivity index (χ1) is 9.93. The molecule has 1 aliphatic heterocycles. The molecular formula is C13H15ClN2O5. The maximum Gasteiger partial charge on any atom is 0.338 e. The number of nitro benzene ring substituents is 1. The molecule has 0 amide bonds. The molecule has 1 aromatic carbocycles. The zero-order valence-electron chi connectivity index (χ0n) is 11.2. The number of halogens is 1. The molecule has 1 saturated heterocycles. The summed E-state index contributed by atoms with van der Waals surface area (Å²) in [4.78, 5) is 23.3. The topological polar surface area (TPSA) is 104 Å². The van der Waals surface area contributed by atoms with Crippen LogP contribution < -0.4 is 4.90 Å². The molecule has 1 unspecified atom stereocenters. The maximum atomic E-state index is 11.4. The molecule has 2 N–H and O–H groups in total. The van der Waals surface area contributed by atoms with Gasteiger partial charge in [0, 0.05) is 31.8 Å². The molecule has 0 aliphatic carbocycles. The minimum atomic E-state index is -1.25. The summed E-state index contributed by atoms with van der Waals surface area (Å²) in [7, 11) is 0. The van der Waals surface area contributed by atoms with Crippen molar-refractivity contribution < 1.29 is 19.9 Å². The zero-order valence-corrected chi connectivity index (χ0v) is 11.9. The van der Waals surface area contributed by atoms with Gasteiger partial charge in [0.15, 0.2) is 0 Å². The van der Waals surface area contributed by atoms with Crippen LogP contribution in [0.2, 0.25) is 5.02 Å². The lowest BCUT2D eigenvalue weighted by atomic mass is 10.1. The fourth-order valence-corrected chi connectivity index (χ4v) is 2.96. The van der Waals surface area contributed by atoms with Crippen LogP contribution in [0.15, 0.2) is 12.1 Å². The number of non-ortho nitro benzene ring substituents is 1. The molecule has 1 atom stereocenters. The highest BCUT2D eigenvalue weighted by atomic mass is 35.5. The number of anilines is 1. The Kier molecular flexibility index (Phi) is 4.64. The van der Waals surface area contributed by atoms with Crippen LogP contribution in [0.4, 0.5) is 11.4 Å². The van der Waals surface area contributed by atoms with Gasteiger partial charge in [0.1, 0.15) is 0 Å². The van der Waals surface area contributed by atoms with Crippen molar-refractivity contribution >= 4 is 28.9 Å². The van der Waals surface area contributed by atoms with E-state index in [2.05, 4.69) is 0 Å². The first-order valence-corrected chi connectivity index (χ1v) is 6.89. The Morgan fingerprint density at radius 1 is 1.52 bits per heavy atom. The lowest BCUT2D eigenvalue weighted by Crippen LogP contribution is -2.23. The molecule has 7 nitrogen and oxygen atoms in total. The highest BCUT2D eigenvalue weighted by molar-refractivity contribution is 6.34. The molecule has 21 heavy (non-hydrogen) atoms. The third-order valence-electron chi connectivity index (χ3n) is 3.63. The molecule has 114 valence electrons. The van der Waals surface area contributed by atoms with Crippen LogP contribution in [0.3, 0.4) is 0 Å². The van der Waals surface area contributed by atoms with E-state index in [1.807, 2.05) is 4.90 Å². The predicted octanol–water partition coefficient (Wildman–Crippen LogP) is 2.16. The molecule has 0 radical (unpaired) electrons. The summed E-state index contributed by atoms with van der Waals surface area (Å²) in [6.45, 7) is 1.28. The second-order valence-electron chi connectivity index (χ2n) is 5.00. The molecule has 8 heteroatoms. The molecular weight excluding hydrogens is 300 g/mol. The number of hydrogen-bond acceptors (Lipinski definition) is 5. The first-order valence-electron chi connectivity index (χ1n) is 6.51. The Balaban J connectivity index is 2.39. The number of carboxylic acid groups (broad SMARTS) is 1. The van der Waals surface area contributed by atoms with Crippen LogP contribution in [0.1, 0.15) is 23.2 Å². The van der Waals surface area contributed by atoms with Crippen molar-refractivity contribution in [3.63, 3.8) is 0 Å². The lowest BCUT2D eigenvalue weighted by Gasteiger charge is -2.22. The number of nitrogens with zero attached hydrogens (tertiary/aromatic N) is 2. The van der Waals surface area contributed by atoms with Gasteiger partial charge in [0.2, 0.25) is 0 Å². The predicted molar refractivity (Wildman–Crippen MR) is 77.1 cm³/mol. The van der Waals surface area contributed by atoms with Gasteiger partial charge in [-0.25, -0.2) is 4.79 Å². The Morgan fingerprint density at radius 3 is 2.81 bits per heavy atom. The highest BCUT2D eigenvalue weighted by Gasteiger charge is 2.29. The van der Waals surface area contributed by atoms with Crippen LogP contribution >= 0.6 is 11.6 Å². The third kappa shape index (κ3) is 3.25. The van der Waals surface area contributed by atoms with E-state index in [9.17, 15) is 20.0 Å². The number of aliphatic hydroxyl groups excluding tert-OH is 1. The minimum absolute atomic E-state index is 0.0613. The maximum absolute atomic E-state index is 11.4. The van der Waals surface area contributed by atoms with Crippen LogP contribution in [0, 0.1) is 16.0 Å². The summed E-state index contributed by atoms with van der Waals surface area (Å²) in [5.41, 5.74) is -0.193. The van der Waals surface area contributed by atoms with Gasteiger partial charge in [-0.3, -0.25) is 10.1 Å². The Bertz CT molecular complexity index is 578. The van der Waals surface area contributed by atoms with Crippen LogP contribution in [0.5, 0.6) is 0 Å². The average molecular weight is 315 g/mol. The first kappa shape index (κ1) is 15.5. The molecule has 2 rings (SSSR count). The van der Waals surface area contributed by atoms with E-state index >= 15 is 0 Å². The second kappa shape index (κ2) is 6.28. The van der Waals surface area contributed by atoms with E-state index in [0.717, 1.165) is 12.5 Å². The van der Waals surface area contributed by atoms with Crippen molar-refractivity contribution in [1.82, 2.24) is 0 Å². The number of carboxylic acids is 1. The highest BCUT2D eigenvalue weighted by Crippen LogP contribution is 2.37. The van der Waals surface area contributed by atoms with Gasteiger partial charge in [-0.15, -0.1) is 0 Å². The molecule has 0 aromatic heterocycles. The number of aromatic carboxylic acids is 1. The molecule has 1 fully saturated rings. The molecule has 0 saturated carbocycles. The van der Waals surface area contributed by atoms with Crippen molar-refractivity contribution in [3.05, 3.63) is 32.8 Å². The number of aliphatic hydroxyl groups is 1. The number of rotatable bonds is 5. The van der Waals surface area contributed by atoms with E-state index in [1.54, 1.807) is 0 Å². The fourth-order valence-electron chi connectivity index (χ4n) is 2.63. The second-order valence-corrected chi connectivity index (χ2v) is 5.41. The Labute approximate surface area is 125 Å². The van der Waals surface area contributed by atoms with E-state index in [0.29, 0.717) is 25.2 Å². The largest absolute Gasteiger partial charge is 0.478 e. The van der Waals surface area contributed by atoms with Gasteiger partial charge in [-0.05, 0) is 18.8 Å². The van der Waals surface area contributed by atoms with Crippen molar-refractivity contribution in [3.8, 4) is 0 Å². The summed E-state index contributed by atoms with van der Waals surface area (Å²) in [5.74, 6) is -0.982. The Morgan fingerprint density at radius 2 is 2.24 bits per heavy atom. The fraction of sp³-hybridized carbons (Fsp3) is 0.462. The Hall–Kier alpha value is -1.86.